The minimum atomic E-state index is -4.64. The molecular weight excluding hydrogens is 249 g/mol. The molecule has 0 aromatic rings. The van der Waals surface area contributed by atoms with Gasteiger partial charge in [-0.1, -0.05) is 0 Å². The maximum Gasteiger partial charge on any atom is 0 e. The number of rotatable bonds is 0. The summed E-state index contributed by atoms with van der Waals surface area (Å²) in [5.41, 5.74) is 0. The van der Waals surface area contributed by atoms with Crippen LogP contribution in [0.1, 0.15) is 0 Å². The third-order valence-corrected chi connectivity index (χ3v) is 0. The Labute approximate surface area is 107 Å². The summed E-state index contributed by atoms with van der Waals surface area (Å²) in [6, 6.07) is 0. The van der Waals surface area contributed by atoms with Gasteiger partial charge in [-0.25, -0.2) is 4.57 Å². The molecule has 0 amide bonds. The van der Waals surface area contributed by atoms with Gasteiger partial charge < -0.3 is 14.7 Å². The smallest absolute Gasteiger partial charge is 0 e. The van der Waals surface area contributed by atoms with Crippen LogP contribution >= 0.6 is 7.82 Å². The third kappa shape index (κ3) is 110. The van der Waals surface area contributed by atoms with Crippen LogP contribution in [0.5, 0.6) is 0 Å². The van der Waals surface area contributed by atoms with E-state index in [2.05, 4.69) is 0 Å². The van der Waals surface area contributed by atoms with E-state index in [4.69, 9.17) is 19.2 Å². The molecule has 4 nitrogen and oxygen atoms in total. The normalized spacial score (nSPS) is 6.56. The van der Waals surface area contributed by atoms with Crippen molar-refractivity contribution in [3.05, 3.63) is 0 Å². The Morgan fingerprint density at radius 3 is 1.00 bits per heavy atom. The summed E-state index contributed by atoms with van der Waals surface area (Å²) < 4.78 is 8.88. The first kappa shape index (κ1) is 29.8. The summed E-state index contributed by atoms with van der Waals surface area (Å²) >= 11 is 0. The van der Waals surface area contributed by atoms with Crippen LogP contribution in [0.15, 0.2) is 0 Å². The van der Waals surface area contributed by atoms with Gasteiger partial charge in [0.1, 0.15) is 0 Å². The molecule has 0 aliphatic carbocycles. The molecule has 0 bridgehead atoms. The number of hydrogen-bond acceptors (Lipinski definition) is 1. The van der Waals surface area contributed by atoms with E-state index in [1.807, 2.05) is 0 Å². The molecule has 0 heterocycles. The average Bonchev–Trinajstić information content (AvgIpc) is 0.722. The molecule has 47 valence electrons. The molecule has 0 saturated heterocycles. The Hall–Kier alpha value is 2.72. The van der Waals surface area contributed by atoms with E-state index in [-0.39, 0.29) is 80.9 Å². The van der Waals surface area contributed by atoms with Crippen molar-refractivity contribution >= 4 is 26.7 Å². The molecule has 0 spiro atoms. The standard InChI is InChI=1S/Li.H3O4P.2Ti.V.H/c;1-5(2,3)4;;;;/h;(H3,1,2,3,4);;;;. The minimum Gasteiger partial charge on any atom is 0 e. The third-order valence-electron chi connectivity index (χ3n) is 0. The van der Waals surface area contributed by atoms with E-state index in [1.165, 1.54) is 0 Å². The zero-order chi connectivity index (χ0) is 4.50. The molecular formula is H4LiO4PTi2V. The van der Waals surface area contributed by atoms with Crippen molar-refractivity contribution in [1.82, 2.24) is 0 Å². The van der Waals surface area contributed by atoms with Gasteiger partial charge in [-0.3, -0.25) is 0 Å². The molecule has 0 saturated carbocycles. The van der Waals surface area contributed by atoms with E-state index < -0.39 is 7.82 Å². The van der Waals surface area contributed by atoms with Crippen molar-refractivity contribution in [2.45, 2.75) is 0 Å². The van der Waals surface area contributed by atoms with Crippen LogP contribution < -0.4 is 0 Å². The quantitative estimate of drug-likeness (QED) is 0.359. The van der Waals surface area contributed by atoms with Gasteiger partial charge in [-0.15, -0.1) is 0 Å². The average molecular weight is 253 g/mol. The van der Waals surface area contributed by atoms with Gasteiger partial charge >= 0.3 is 26.7 Å². The maximum absolute atomic E-state index is 8.88. The molecule has 3 N–H and O–H groups in total. The summed E-state index contributed by atoms with van der Waals surface area (Å²) in [6.45, 7) is 0. The predicted octanol–water partition coefficient (Wildman–Crippen LogP) is -1.58. The predicted molar refractivity (Wildman–Crippen MR) is 21.4 cm³/mol. The minimum absolute atomic E-state index is 0. The fourth-order valence-corrected chi connectivity index (χ4v) is 0. The summed E-state index contributed by atoms with van der Waals surface area (Å²) in [4.78, 5) is 21.6. The van der Waals surface area contributed by atoms with Gasteiger partial charge in [0.25, 0.3) is 0 Å². The summed E-state index contributed by atoms with van der Waals surface area (Å²) in [6.07, 6.45) is 0. The molecule has 0 rings (SSSR count). The fraction of sp³-hybridized carbons (Fsp3) is 0. The Kier molecular flexibility index (Phi) is 44.1. The first-order valence-corrected chi connectivity index (χ1v) is 2.35. The maximum atomic E-state index is 8.88. The van der Waals surface area contributed by atoms with E-state index in [0.717, 1.165) is 0 Å². The Balaban J connectivity index is -0.0000000133. The van der Waals surface area contributed by atoms with Crippen LogP contribution in [-0.2, 0) is 66.6 Å². The molecule has 0 aliphatic rings. The topological polar surface area (TPSA) is 77.8 Å². The molecule has 0 fully saturated rings. The monoisotopic (exact) mass is 253 g/mol. The van der Waals surface area contributed by atoms with Gasteiger partial charge in [-0.2, -0.15) is 0 Å². The molecule has 1 radical (unpaired) electrons. The Bertz CT molecular complexity index is 64.7. The molecule has 0 atom stereocenters. The van der Waals surface area contributed by atoms with Crippen molar-refractivity contribution in [3.8, 4) is 0 Å². The van der Waals surface area contributed by atoms with Gasteiger partial charge in [0.05, 0.1) is 0 Å². The number of phosphoric acid groups is 1. The van der Waals surface area contributed by atoms with E-state index in [9.17, 15) is 0 Å². The van der Waals surface area contributed by atoms with Crippen molar-refractivity contribution < 1.29 is 81.2 Å². The SMILES string of the molecule is O=P(O)(O)O.[LiH].[Ti].[Ti].[V]. The van der Waals surface area contributed by atoms with E-state index in [1.54, 1.807) is 0 Å². The summed E-state index contributed by atoms with van der Waals surface area (Å²) in [7, 11) is -4.64. The Morgan fingerprint density at radius 2 is 1.00 bits per heavy atom. The Morgan fingerprint density at radius 1 is 1.00 bits per heavy atom. The van der Waals surface area contributed by atoms with E-state index in [0.29, 0.717) is 0 Å². The second-order valence-electron chi connectivity index (χ2n) is 0.513. The van der Waals surface area contributed by atoms with Crippen molar-refractivity contribution in [1.29, 1.82) is 0 Å². The van der Waals surface area contributed by atoms with Crippen LogP contribution in [0.25, 0.3) is 0 Å². The first-order valence-electron chi connectivity index (χ1n) is 0.783. The van der Waals surface area contributed by atoms with Crippen LogP contribution in [0.3, 0.4) is 0 Å². The summed E-state index contributed by atoms with van der Waals surface area (Å²) in [5.74, 6) is 0. The first-order chi connectivity index (χ1) is 2.00. The molecule has 9 heavy (non-hydrogen) atoms. The molecule has 0 aromatic heterocycles. The number of hydrogen-bond donors (Lipinski definition) is 3. The molecule has 9 heteroatoms. The fourth-order valence-electron chi connectivity index (χ4n) is 0. The van der Waals surface area contributed by atoms with Gasteiger partial charge in [-0.05, 0) is 0 Å². The zero-order valence-electron chi connectivity index (χ0n) is 3.64. The van der Waals surface area contributed by atoms with Crippen molar-refractivity contribution in [3.63, 3.8) is 0 Å². The van der Waals surface area contributed by atoms with Gasteiger partial charge in [0.2, 0.25) is 0 Å². The van der Waals surface area contributed by atoms with Gasteiger partial charge in [0, 0.05) is 62.0 Å². The van der Waals surface area contributed by atoms with E-state index >= 15 is 0 Å². The van der Waals surface area contributed by atoms with Crippen LogP contribution in [0, 0.1) is 0 Å². The molecule has 0 unspecified atom stereocenters. The van der Waals surface area contributed by atoms with Crippen LogP contribution in [-0.4, -0.2) is 33.5 Å². The van der Waals surface area contributed by atoms with Crippen LogP contribution in [0.2, 0.25) is 0 Å². The van der Waals surface area contributed by atoms with Crippen molar-refractivity contribution in [2.24, 2.45) is 0 Å². The van der Waals surface area contributed by atoms with Crippen molar-refractivity contribution in [2.75, 3.05) is 0 Å². The molecule has 0 aromatic carbocycles. The second-order valence-corrected chi connectivity index (χ2v) is 1.54. The largest absolute Gasteiger partial charge is 0 e. The second kappa shape index (κ2) is 13.3. The van der Waals surface area contributed by atoms with Gasteiger partial charge in [0.15, 0.2) is 0 Å². The zero-order valence-corrected chi connectivity index (χ0v) is 9.06. The summed E-state index contributed by atoms with van der Waals surface area (Å²) in [5, 5.41) is 0. The van der Waals surface area contributed by atoms with Crippen LogP contribution in [0.4, 0.5) is 0 Å². The molecule has 0 aliphatic heterocycles.